The van der Waals surface area contributed by atoms with Gasteiger partial charge in [-0.3, -0.25) is 0 Å². The van der Waals surface area contributed by atoms with Crippen LogP contribution >= 0.6 is 11.6 Å². The number of hydrogen-bond acceptors (Lipinski definition) is 3. The molecule has 120 valence electrons. The van der Waals surface area contributed by atoms with Crippen molar-refractivity contribution in [3.63, 3.8) is 0 Å². The average Bonchev–Trinajstić information content (AvgIpc) is 2.50. The molecule has 0 radical (unpaired) electrons. The molecule has 0 aliphatic carbocycles. The van der Waals surface area contributed by atoms with Gasteiger partial charge in [-0.25, -0.2) is 9.59 Å². The molecular formula is C15H20ClN3O3. The SMILES string of the molecule is CCOC(=O)N1CCN(C(=O)Nc2ccc(Cl)cc2C)CC1. The molecule has 0 saturated carbocycles. The molecule has 1 aromatic carbocycles. The molecule has 0 atom stereocenters. The Morgan fingerprint density at radius 3 is 2.45 bits per heavy atom. The second kappa shape index (κ2) is 7.35. The van der Waals surface area contributed by atoms with Gasteiger partial charge in [-0.05, 0) is 37.6 Å². The molecule has 1 fully saturated rings. The summed E-state index contributed by atoms with van der Waals surface area (Å²) in [5, 5.41) is 3.51. The molecule has 0 aromatic heterocycles. The fraction of sp³-hybridized carbons (Fsp3) is 0.467. The molecule has 1 aliphatic heterocycles. The number of nitrogens with one attached hydrogen (secondary N) is 1. The fourth-order valence-electron chi connectivity index (χ4n) is 2.27. The van der Waals surface area contributed by atoms with Crippen molar-refractivity contribution in [1.82, 2.24) is 9.80 Å². The Labute approximate surface area is 135 Å². The maximum Gasteiger partial charge on any atom is 0.409 e. The standard InChI is InChI=1S/C15H20ClN3O3/c1-3-22-15(21)19-8-6-18(7-9-19)14(20)17-13-5-4-12(16)10-11(13)2/h4-5,10H,3,6-9H2,1-2H3,(H,17,20). The summed E-state index contributed by atoms with van der Waals surface area (Å²) >= 11 is 5.90. The molecule has 1 heterocycles. The van der Waals surface area contributed by atoms with Crippen LogP contribution in [0.3, 0.4) is 0 Å². The summed E-state index contributed by atoms with van der Waals surface area (Å²) in [6.45, 7) is 5.94. The van der Waals surface area contributed by atoms with E-state index in [1.165, 1.54) is 0 Å². The quantitative estimate of drug-likeness (QED) is 0.909. The average molecular weight is 326 g/mol. The number of carbonyl (C=O) groups excluding carboxylic acids is 2. The lowest BCUT2D eigenvalue weighted by Gasteiger charge is -2.34. The third-order valence-corrected chi connectivity index (χ3v) is 3.76. The molecule has 22 heavy (non-hydrogen) atoms. The number of nitrogens with zero attached hydrogens (tertiary/aromatic N) is 2. The summed E-state index contributed by atoms with van der Waals surface area (Å²) in [5.74, 6) is 0. The normalized spacial score (nSPS) is 14.7. The third kappa shape index (κ3) is 4.04. The van der Waals surface area contributed by atoms with Crippen LogP contribution in [0.25, 0.3) is 0 Å². The summed E-state index contributed by atoms with van der Waals surface area (Å²) in [6.07, 6.45) is -0.323. The van der Waals surface area contributed by atoms with Gasteiger partial charge in [0, 0.05) is 36.9 Å². The number of hydrogen-bond donors (Lipinski definition) is 1. The van der Waals surface area contributed by atoms with Gasteiger partial charge in [0.1, 0.15) is 0 Å². The van der Waals surface area contributed by atoms with Gasteiger partial charge >= 0.3 is 12.1 Å². The van der Waals surface area contributed by atoms with Crippen molar-refractivity contribution in [3.8, 4) is 0 Å². The maximum absolute atomic E-state index is 12.3. The number of ether oxygens (including phenoxy) is 1. The summed E-state index contributed by atoms with van der Waals surface area (Å²) in [6, 6.07) is 5.15. The molecule has 0 unspecified atom stereocenters. The number of carbonyl (C=O) groups is 2. The molecule has 1 aromatic rings. The van der Waals surface area contributed by atoms with E-state index in [-0.39, 0.29) is 12.1 Å². The van der Waals surface area contributed by atoms with E-state index in [0.29, 0.717) is 37.8 Å². The van der Waals surface area contributed by atoms with E-state index in [1.807, 2.05) is 6.92 Å². The minimum absolute atomic E-state index is 0.172. The van der Waals surface area contributed by atoms with E-state index in [0.717, 1.165) is 11.3 Å². The summed E-state index contributed by atoms with van der Waals surface area (Å²) in [5.41, 5.74) is 1.65. The largest absolute Gasteiger partial charge is 0.450 e. The van der Waals surface area contributed by atoms with Gasteiger partial charge in [-0.15, -0.1) is 0 Å². The molecule has 1 aliphatic rings. The van der Waals surface area contributed by atoms with Crippen molar-refractivity contribution in [2.45, 2.75) is 13.8 Å². The number of piperazine rings is 1. The molecular weight excluding hydrogens is 306 g/mol. The van der Waals surface area contributed by atoms with Crippen LogP contribution in [0.5, 0.6) is 0 Å². The first-order valence-electron chi connectivity index (χ1n) is 7.25. The van der Waals surface area contributed by atoms with Gasteiger partial charge < -0.3 is 19.9 Å². The molecule has 0 spiro atoms. The Hall–Kier alpha value is -1.95. The van der Waals surface area contributed by atoms with Crippen molar-refractivity contribution >= 4 is 29.4 Å². The number of halogens is 1. The van der Waals surface area contributed by atoms with Crippen molar-refractivity contribution in [2.24, 2.45) is 0 Å². The molecule has 3 amide bonds. The summed E-state index contributed by atoms with van der Waals surface area (Å²) in [7, 11) is 0. The highest BCUT2D eigenvalue weighted by molar-refractivity contribution is 6.30. The highest BCUT2D eigenvalue weighted by atomic mass is 35.5. The number of aryl methyl sites for hydroxylation is 1. The lowest BCUT2D eigenvalue weighted by atomic mass is 10.2. The topological polar surface area (TPSA) is 61.9 Å². The first-order valence-corrected chi connectivity index (χ1v) is 7.63. The Morgan fingerprint density at radius 2 is 1.86 bits per heavy atom. The molecule has 1 N–H and O–H groups in total. The Bertz CT molecular complexity index is 557. The van der Waals surface area contributed by atoms with Gasteiger partial charge in [0.05, 0.1) is 6.61 Å². The van der Waals surface area contributed by atoms with Crippen LogP contribution in [0.4, 0.5) is 15.3 Å². The van der Waals surface area contributed by atoms with E-state index in [1.54, 1.807) is 34.9 Å². The van der Waals surface area contributed by atoms with Gasteiger partial charge in [0.25, 0.3) is 0 Å². The zero-order valence-electron chi connectivity index (χ0n) is 12.8. The second-order valence-corrected chi connectivity index (χ2v) is 5.50. The van der Waals surface area contributed by atoms with E-state index >= 15 is 0 Å². The van der Waals surface area contributed by atoms with E-state index < -0.39 is 0 Å². The Balaban J connectivity index is 1.88. The highest BCUT2D eigenvalue weighted by Crippen LogP contribution is 2.20. The number of urea groups is 1. The highest BCUT2D eigenvalue weighted by Gasteiger charge is 2.24. The van der Waals surface area contributed by atoms with Crippen molar-refractivity contribution < 1.29 is 14.3 Å². The monoisotopic (exact) mass is 325 g/mol. The zero-order chi connectivity index (χ0) is 16.1. The predicted molar refractivity (Wildman–Crippen MR) is 85.4 cm³/mol. The molecule has 6 nitrogen and oxygen atoms in total. The van der Waals surface area contributed by atoms with Crippen molar-refractivity contribution in [2.75, 3.05) is 38.1 Å². The zero-order valence-corrected chi connectivity index (χ0v) is 13.5. The summed E-state index contributed by atoms with van der Waals surface area (Å²) < 4.78 is 4.96. The fourth-order valence-corrected chi connectivity index (χ4v) is 2.50. The van der Waals surface area contributed by atoms with Crippen LogP contribution in [-0.4, -0.2) is 54.7 Å². The van der Waals surface area contributed by atoms with Gasteiger partial charge in [0.15, 0.2) is 0 Å². The van der Waals surface area contributed by atoms with E-state index in [2.05, 4.69) is 5.32 Å². The number of amides is 3. The number of rotatable bonds is 2. The number of benzene rings is 1. The van der Waals surface area contributed by atoms with Crippen LogP contribution in [-0.2, 0) is 4.74 Å². The van der Waals surface area contributed by atoms with E-state index in [4.69, 9.17) is 16.3 Å². The van der Waals surface area contributed by atoms with Crippen molar-refractivity contribution in [1.29, 1.82) is 0 Å². The third-order valence-electron chi connectivity index (χ3n) is 3.52. The molecule has 2 rings (SSSR count). The van der Waals surface area contributed by atoms with E-state index in [9.17, 15) is 9.59 Å². The van der Waals surface area contributed by atoms with Crippen LogP contribution in [0.15, 0.2) is 18.2 Å². The van der Waals surface area contributed by atoms with Gasteiger partial charge in [0.2, 0.25) is 0 Å². The first-order chi connectivity index (χ1) is 10.5. The minimum Gasteiger partial charge on any atom is -0.450 e. The van der Waals surface area contributed by atoms with Crippen LogP contribution in [0, 0.1) is 6.92 Å². The van der Waals surface area contributed by atoms with Gasteiger partial charge in [-0.2, -0.15) is 0 Å². The minimum atomic E-state index is -0.323. The lowest BCUT2D eigenvalue weighted by molar-refractivity contribution is 0.0868. The molecule has 0 bridgehead atoms. The Kier molecular flexibility index (Phi) is 5.49. The smallest absolute Gasteiger partial charge is 0.409 e. The summed E-state index contributed by atoms with van der Waals surface area (Å²) in [4.78, 5) is 27.2. The van der Waals surface area contributed by atoms with Crippen molar-refractivity contribution in [3.05, 3.63) is 28.8 Å². The number of anilines is 1. The van der Waals surface area contributed by atoms with Crippen LogP contribution in [0.1, 0.15) is 12.5 Å². The Morgan fingerprint density at radius 1 is 1.23 bits per heavy atom. The van der Waals surface area contributed by atoms with Crippen LogP contribution in [0.2, 0.25) is 5.02 Å². The first kappa shape index (κ1) is 16.4. The second-order valence-electron chi connectivity index (χ2n) is 5.06. The lowest BCUT2D eigenvalue weighted by Crippen LogP contribution is -2.51. The molecule has 1 saturated heterocycles. The molecule has 7 heteroatoms. The maximum atomic E-state index is 12.3. The predicted octanol–water partition coefficient (Wildman–Crippen LogP) is 2.95. The van der Waals surface area contributed by atoms with Gasteiger partial charge in [-0.1, -0.05) is 11.6 Å². The van der Waals surface area contributed by atoms with Crippen LogP contribution < -0.4 is 5.32 Å².